The lowest BCUT2D eigenvalue weighted by Crippen LogP contribution is -2.29. The zero-order chi connectivity index (χ0) is 20.6. The number of rotatable bonds is 9. The number of esters is 2. The van der Waals surface area contributed by atoms with Gasteiger partial charge in [0.15, 0.2) is 0 Å². The van der Waals surface area contributed by atoms with Crippen LogP contribution in [0.15, 0.2) is 18.2 Å². The molecule has 3 rings (SSSR count). The van der Waals surface area contributed by atoms with Crippen molar-refractivity contribution in [2.45, 2.75) is 58.9 Å². The number of ether oxygens (including phenoxy) is 2. The van der Waals surface area contributed by atoms with Crippen LogP contribution in [0, 0.1) is 0 Å². The molecule has 1 aliphatic heterocycles. The fraction of sp³-hybridized carbons (Fsp3) is 0.565. The van der Waals surface area contributed by atoms with Gasteiger partial charge in [-0.05, 0) is 75.9 Å². The van der Waals surface area contributed by atoms with E-state index in [0.717, 1.165) is 36.1 Å². The summed E-state index contributed by atoms with van der Waals surface area (Å²) in [5.41, 5.74) is 3.62. The number of fused-ring (bicyclic) bond motifs is 1. The molecule has 0 unspecified atom stereocenters. The van der Waals surface area contributed by atoms with Gasteiger partial charge in [0.05, 0.1) is 13.2 Å². The minimum absolute atomic E-state index is 0.198. The Balaban J connectivity index is 1.83. The maximum atomic E-state index is 12.5. The van der Waals surface area contributed by atoms with Gasteiger partial charge in [-0.1, -0.05) is 12.5 Å². The van der Waals surface area contributed by atoms with Gasteiger partial charge < -0.3 is 14.5 Å². The predicted octanol–water partition coefficient (Wildman–Crippen LogP) is 4.22. The second-order valence-corrected chi connectivity index (χ2v) is 7.57. The first-order valence-corrected chi connectivity index (χ1v) is 10.8. The van der Waals surface area contributed by atoms with Crippen molar-refractivity contribution in [3.05, 3.63) is 35.0 Å². The zero-order valence-electron chi connectivity index (χ0n) is 17.6. The SMILES string of the molecule is CCOC(=O)CCCc1c(C(=O)OCC)[nH]c2ccc(CN3CCCCC3)cc12. The Bertz CT molecular complexity index is 837. The molecule has 0 aliphatic carbocycles. The zero-order valence-corrected chi connectivity index (χ0v) is 17.6. The molecular weight excluding hydrogens is 368 g/mol. The topological polar surface area (TPSA) is 71.6 Å². The molecule has 6 nitrogen and oxygen atoms in total. The normalized spacial score (nSPS) is 14.8. The van der Waals surface area contributed by atoms with Gasteiger partial charge in [0.25, 0.3) is 0 Å². The summed E-state index contributed by atoms with van der Waals surface area (Å²) in [4.78, 5) is 29.9. The lowest BCUT2D eigenvalue weighted by molar-refractivity contribution is -0.143. The number of aromatic nitrogens is 1. The Morgan fingerprint density at radius 2 is 1.83 bits per heavy atom. The van der Waals surface area contributed by atoms with Gasteiger partial charge in [0.2, 0.25) is 0 Å². The molecule has 0 spiro atoms. The van der Waals surface area contributed by atoms with Gasteiger partial charge in [0.1, 0.15) is 5.69 Å². The number of benzene rings is 1. The molecule has 1 aromatic carbocycles. The summed E-state index contributed by atoms with van der Waals surface area (Å²) < 4.78 is 10.3. The van der Waals surface area contributed by atoms with Crippen LogP contribution < -0.4 is 0 Å². The summed E-state index contributed by atoms with van der Waals surface area (Å²) in [5, 5.41) is 1.05. The first-order chi connectivity index (χ1) is 14.1. The Labute approximate surface area is 172 Å². The fourth-order valence-corrected chi connectivity index (χ4v) is 4.05. The molecule has 1 aliphatic rings. The Morgan fingerprint density at radius 1 is 1.07 bits per heavy atom. The number of likely N-dealkylation sites (tertiary alicyclic amines) is 1. The highest BCUT2D eigenvalue weighted by Crippen LogP contribution is 2.27. The van der Waals surface area contributed by atoms with E-state index in [-0.39, 0.29) is 11.9 Å². The summed E-state index contributed by atoms with van der Waals surface area (Å²) in [6.45, 7) is 7.55. The van der Waals surface area contributed by atoms with Crippen LogP contribution in [0.5, 0.6) is 0 Å². The maximum absolute atomic E-state index is 12.5. The van der Waals surface area contributed by atoms with Gasteiger partial charge in [0, 0.05) is 23.9 Å². The molecule has 1 fully saturated rings. The lowest BCUT2D eigenvalue weighted by atomic mass is 10.0. The third-order valence-electron chi connectivity index (χ3n) is 5.42. The molecule has 1 aromatic heterocycles. The summed E-state index contributed by atoms with van der Waals surface area (Å²) in [6.07, 6.45) is 5.45. The van der Waals surface area contributed by atoms with E-state index in [0.29, 0.717) is 38.2 Å². The van der Waals surface area contributed by atoms with Crippen LogP contribution in [0.4, 0.5) is 0 Å². The van der Waals surface area contributed by atoms with Gasteiger partial charge in [-0.15, -0.1) is 0 Å². The number of aryl methyl sites for hydroxylation is 1. The summed E-state index contributed by atoms with van der Waals surface area (Å²) in [6, 6.07) is 6.36. The van der Waals surface area contributed by atoms with Crippen molar-refractivity contribution >= 4 is 22.8 Å². The van der Waals surface area contributed by atoms with Crippen LogP contribution in [0.1, 0.15) is 67.6 Å². The predicted molar refractivity (Wildman–Crippen MR) is 113 cm³/mol. The molecule has 158 valence electrons. The first-order valence-electron chi connectivity index (χ1n) is 10.8. The molecule has 0 radical (unpaired) electrons. The Morgan fingerprint density at radius 3 is 2.55 bits per heavy atom. The fourth-order valence-electron chi connectivity index (χ4n) is 4.05. The standard InChI is InChI=1S/C23H32N2O4/c1-3-28-21(26)10-8-9-18-19-15-17(16-25-13-6-5-7-14-25)11-12-20(19)24-22(18)23(27)29-4-2/h11-12,15,24H,3-10,13-14,16H2,1-2H3. The number of aromatic amines is 1. The Kier molecular flexibility index (Phi) is 7.69. The number of nitrogens with one attached hydrogen (secondary N) is 1. The van der Waals surface area contributed by atoms with E-state index in [1.54, 1.807) is 13.8 Å². The highest BCUT2D eigenvalue weighted by molar-refractivity contribution is 5.98. The van der Waals surface area contributed by atoms with Crippen LogP contribution in [0.3, 0.4) is 0 Å². The van der Waals surface area contributed by atoms with E-state index in [2.05, 4.69) is 22.0 Å². The lowest BCUT2D eigenvalue weighted by Gasteiger charge is -2.26. The monoisotopic (exact) mass is 400 g/mol. The van der Waals surface area contributed by atoms with E-state index in [1.165, 1.54) is 24.8 Å². The van der Waals surface area contributed by atoms with E-state index in [4.69, 9.17) is 9.47 Å². The first kappa shape index (κ1) is 21.4. The molecule has 0 atom stereocenters. The van der Waals surface area contributed by atoms with Crippen molar-refractivity contribution in [1.29, 1.82) is 0 Å². The molecule has 0 amide bonds. The number of nitrogens with zero attached hydrogens (tertiary/aromatic N) is 1. The Hall–Kier alpha value is -2.34. The van der Waals surface area contributed by atoms with Crippen LogP contribution in [-0.4, -0.2) is 48.1 Å². The second-order valence-electron chi connectivity index (χ2n) is 7.57. The molecule has 0 bridgehead atoms. The molecule has 6 heteroatoms. The molecule has 1 N–H and O–H groups in total. The van der Waals surface area contributed by atoms with E-state index >= 15 is 0 Å². The summed E-state index contributed by atoms with van der Waals surface area (Å²) in [7, 11) is 0. The van der Waals surface area contributed by atoms with Crippen molar-refractivity contribution in [3.63, 3.8) is 0 Å². The summed E-state index contributed by atoms with van der Waals surface area (Å²) in [5.74, 6) is -0.539. The maximum Gasteiger partial charge on any atom is 0.355 e. The average Bonchev–Trinajstić information content (AvgIpc) is 3.07. The molecular formula is C23H32N2O4. The van der Waals surface area contributed by atoms with E-state index < -0.39 is 0 Å². The van der Waals surface area contributed by atoms with Crippen LogP contribution >= 0.6 is 0 Å². The van der Waals surface area contributed by atoms with Gasteiger partial charge >= 0.3 is 11.9 Å². The molecule has 1 saturated heterocycles. The third-order valence-corrected chi connectivity index (χ3v) is 5.42. The van der Waals surface area contributed by atoms with Gasteiger partial charge in [-0.2, -0.15) is 0 Å². The van der Waals surface area contributed by atoms with Crippen LogP contribution in [0.25, 0.3) is 10.9 Å². The number of hydrogen-bond acceptors (Lipinski definition) is 5. The molecule has 2 heterocycles. The quantitative estimate of drug-likeness (QED) is 0.638. The highest BCUT2D eigenvalue weighted by Gasteiger charge is 2.20. The van der Waals surface area contributed by atoms with E-state index in [9.17, 15) is 9.59 Å². The molecule has 2 aromatic rings. The minimum Gasteiger partial charge on any atom is -0.466 e. The second kappa shape index (κ2) is 10.4. The van der Waals surface area contributed by atoms with Crippen molar-refractivity contribution < 1.29 is 19.1 Å². The smallest absolute Gasteiger partial charge is 0.355 e. The van der Waals surface area contributed by atoms with Crippen molar-refractivity contribution in [1.82, 2.24) is 9.88 Å². The average molecular weight is 401 g/mol. The molecule has 0 saturated carbocycles. The minimum atomic E-state index is -0.340. The van der Waals surface area contributed by atoms with Crippen molar-refractivity contribution in [2.24, 2.45) is 0 Å². The number of piperidine rings is 1. The van der Waals surface area contributed by atoms with Crippen LogP contribution in [-0.2, 0) is 27.2 Å². The number of hydrogen-bond donors (Lipinski definition) is 1. The third kappa shape index (κ3) is 5.60. The van der Waals surface area contributed by atoms with Crippen LogP contribution in [0.2, 0.25) is 0 Å². The highest BCUT2D eigenvalue weighted by atomic mass is 16.5. The van der Waals surface area contributed by atoms with Crippen molar-refractivity contribution in [2.75, 3.05) is 26.3 Å². The van der Waals surface area contributed by atoms with Gasteiger partial charge in [-0.3, -0.25) is 9.69 Å². The van der Waals surface area contributed by atoms with Gasteiger partial charge in [-0.25, -0.2) is 4.79 Å². The largest absolute Gasteiger partial charge is 0.466 e. The molecule has 29 heavy (non-hydrogen) atoms. The number of carbonyl (C=O) groups is 2. The van der Waals surface area contributed by atoms with E-state index in [1.807, 2.05) is 6.07 Å². The van der Waals surface area contributed by atoms with Crippen molar-refractivity contribution in [3.8, 4) is 0 Å². The summed E-state index contributed by atoms with van der Waals surface area (Å²) >= 11 is 0. The number of carbonyl (C=O) groups excluding carboxylic acids is 2. The number of H-pyrrole nitrogens is 1.